The third kappa shape index (κ3) is 5.65. The molecule has 3 nitrogen and oxygen atoms in total. The van der Waals surface area contributed by atoms with Gasteiger partial charge in [0.25, 0.3) is 0 Å². The summed E-state index contributed by atoms with van der Waals surface area (Å²) in [4.78, 5) is 15.1. The van der Waals surface area contributed by atoms with Crippen LogP contribution in [0.3, 0.4) is 0 Å². The molecule has 0 aliphatic heterocycles. The first kappa shape index (κ1) is 21.5. The van der Waals surface area contributed by atoms with Gasteiger partial charge in [-0.3, -0.25) is 0 Å². The second kappa shape index (κ2) is 11.1. The molecule has 4 rings (SSSR count). The summed E-state index contributed by atoms with van der Waals surface area (Å²) in [5, 5.41) is 9.11. The number of benzene rings is 3. The first-order valence-corrected chi connectivity index (χ1v) is 11.0. The summed E-state index contributed by atoms with van der Waals surface area (Å²) < 4.78 is 4.42. The Labute approximate surface area is 180 Å². The van der Waals surface area contributed by atoms with Crippen molar-refractivity contribution in [1.29, 1.82) is 0 Å². The third-order valence-corrected chi connectivity index (χ3v) is 6.73. The SMILES string of the molecule is C1=CC([S+](c2ccccc2)c2ccccc2)=CCC1.COC(=O)c1ccccc1O. The van der Waals surface area contributed by atoms with Crippen molar-refractivity contribution in [3.05, 3.63) is 114 Å². The second-order valence-corrected chi connectivity index (χ2v) is 8.55. The summed E-state index contributed by atoms with van der Waals surface area (Å²) in [6.45, 7) is 0. The number of esters is 1. The molecule has 0 saturated carbocycles. The fourth-order valence-corrected chi connectivity index (χ4v) is 5.21. The molecule has 3 aromatic carbocycles. The largest absolute Gasteiger partial charge is 0.507 e. The molecule has 30 heavy (non-hydrogen) atoms. The summed E-state index contributed by atoms with van der Waals surface area (Å²) in [5.74, 6) is -0.581. The maximum atomic E-state index is 10.9. The fraction of sp³-hybridized carbons (Fsp3) is 0.115. The number of allylic oxidation sites excluding steroid dienone is 3. The zero-order chi connectivity index (χ0) is 21.2. The Morgan fingerprint density at radius 2 is 1.40 bits per heavy atom. The lowest BCUT2D eigenvalue weighted by Crippen LogP contribution is -2.06. The van der Waals surface area contributed by atoms with Crippen LogP contribution in [0.15, 0.2) is 118 Å². The van der Waals surface area contributed by atoms with Gasteiger partial charge in [0.05, 0.1) is 18.0 Å². The van der Waals surface area contributed by atoms with E-state index in [1.165, 1.54) is 40.4 Å². The first-order valence-electron chi connectivity index (χ1n) is 9.78. The molecule has 0 atom stereocenters. The highest BCUT2D eigenvalue weighted by Crippen LogP contribution is 2.32. The van der Waals surface area contributed by atoms with E-state index in [4.69, 9.17) is 5.11 Å². The predicted octanol–water partition coefficient (Wildman–Crippen LogP) is 6.14. The van der Waals surface area contributed by atoms with Crippen LogP contribution in [-0.4, -0.2) is 18.2 Å². The zero-order valence-corrected chi connectivity index (χ0v) is 17.7. The number of hydrogen-bond acceptors (Lipinski definition) is 3. The number of hydrogen-bond donors (Lipinski definition) is 1. The van der Waals surface area contributed by atoms with Crippen LogP contribution in [0.1, 0.15) is 23.2 Å². The average Bonchev–Trinajstić information content (AvgIpc) is 2.82. The van der Waals surface area contributed by atoms with Gasteiger partial charge in [0.1, 0.15) is 11.3 Å². The minimum atomic E-state index is -0.525. The van der Waals surface area contributed by atoms with Gasteiger partial charge in [-0.2, -0.15) is 0 Å². The van der Waals surface area contributed by atoms with E-state index in [2.05, 4.69) is 83.6 Å². The van der Waals surface area contributed by atoms with E-state index >= 15 is 0 Å². The molecule has 0 radical (unpaired) electrons. The van der Waals surface area contributed by atoms with Crippen molar-refractivity contribution in [2.45, 2.75) is 22.6 Å². The van der Waals surface area contributed by atoms with E-state index in [0.29, 0.717) is 0 Å². The van der Waals surface area contributed by atoms with Gasteiger partial charge in [-0.05, 0) is 61.4 Å². The van der Waals surface area contributed by atoms with Gasteiger partial charge in [0.15, 0.2) is 14.7 Å². The predicted molar refractivity (Wildman–Crippen MR) is 123 cm³/mol. The quantitative estimate of drug-likeness (QED) is 0.410. The molecule has 3 aromatic rings. The number of phenols is 1. The van der Waals surface area contributed by atoms with E-state index in [0.717, 1.165) is 6.42 Å². The van der Waals surface area contributed by atoms with E-state index in [-0.39, 0.29) is 22.2 Å². The normalized spacial score (nSPS) is 12.5. The highest BCUT2D eigenvalue weighted by Gasteiger charge is 2.29. The van der Waals surface area contributed by atoms with Crippen LogP contribution in [0.2, 0.25) is 0 Å². The summed E-state index contributed by atoms with van der Waals surface area (Å²) in [5.41, 5.74) is 0.190. The van der Waals surface area contributed by atoms with Gasteiger partial charge in [-0.1, -0.05) is 54.6 Å². The molecule has 0 amide bonds. The highest BCUT2D eigenvalue weighted by atomic mass is 32.2. The van der Waals surface area contributed by atoms with Crippen LogP contribution in [0.25, 0.3) is 0 Å². The summed E-state index contributed by atoms with van der Waals surface area (Å²) >= 11 is 0. The van der Waals surface area contributed by atoms with Crippen LogP contribution < -0.4 is 0 Å². The van der Waals surface area contributed by atoms with Crippen molar-refractivity contribution in [1.82, 2.24) is 0 Å². The topological polar surface area (TPSA) is 46.5 Å². The van der Waals surface area contributed by atoms with Crippen molar-refractivity contribution >= 4 is 16.9 Å². The maximum Gasteiger partial charge on any atom is 0.341 e. The minimum absolute atomic E-state index is 0.0366. The maximum absolute atomic E-state index is 10.9. The minimum Gasteiger partial charge on any atom is -0.507 e. The zero-order valence-electron chi connectivity index (χ0n) is 16.9. The van der Waals surface area contributed by atoms with Crippen molar-refractivity contribution in [3.63, 3.8) is 0 Å². The lowest BCUT2D eigenvalue weighted by atomic mass is 10.2. The first-order chi connectivity index (χ1) is 14.7. The molecule has 0 saturated heterocycles. The van der Waals surface area contributed by atoms with E-state index in [1.54, 1.807) is 12.1 Å². The second-order valence-electron chi connectivity index (χ2n) is 6.53. The number of ether oxygens (including phenoxy) is 1. The van der Waals surface area contributed by atoms with Gasteiger partial charge in [0.2, 0.25) is 0 Å². The monoisotopic (exact) mass is 417 g/mol. The van der Waals surface area contributed by atoms with Gasteiger partial charge in [-0.15, -0.1) is 0 Å². The van der Waals surface area contributed by atoms with E-state index in [9.17, 15) is 4.79 Å². The molecule has 4 heteroatoms. The Bertz CT molecular complexity index is 971. The Hall–Kier alpha value is -3.24. The number of rotatable bonds is 4. The van der Waals surface area contributed by atoms with Gasteiger partial charge < -0.3 is 9.84 Å². The molecule has 1 aliphatic rings. The van der Waals surface area contributed by atoms with Crippen molar-refractivity contribution in [2.24, 2.45) is 0 Å². The van der Waals surface area contributed by atoms with Crippen LogP contribution in [0, 0.1) is 0 Å². The summed E-state index contributed by atoms with van der Waals surface area (Å²) in [6, 6.07) is 27.9. The number of para-hydroxylation sites is 1. The third-order valence-electron chi connectivity index (χ3n) is 4.46. The van der Waals surface area contributed by atoms with Gasteiger partial charge >= 0.3 is 5.97 Å². The molecule has 0 fully saturated rings. The molecule has 1 N–H and O–H groups in total. The number of carbonyl (C=O) groups excluding carboxylic acids is 1. The standard InChI is InChI=1S/C18H17S.C8H8O3/c1-4-10-16(11-5-1)19(17-12-6-2-7-13-17)18-14-8-3-9-15-18;1-11-8(10)6-4-2-3-5-7(6)9/h1-2,4-8,10-15H,3,9H2;2-5,9H,1H3/q+1;. The van der Waals surface area contributed by atoms with Crippen LogP contribution in [-0.2, 0) is 15.6 Å². The molecule has 0 unspecified atom stereocenters. The molecular weight excluding hydrogens is 392 g/mol. The average molecular weight is 418 g/mol. The molecule has 152 valence electrons. The molecule has 0 bridgehead atoms. The number of aromatic hydroxyl groups is 1. The Balaban J connectivity index is 0.000000199. The van der Waals surface area contributed by atoms with Crippen LogP contribution >= 0.6 is 0 Å². The number of methoxy groups -OCH3 is 1. The molecule has 0 aromatic heterocycles. The lowest BCUT2D eigenvalue weighted by molar-refractivity contribution is 0.0597. The van der Waals surface area contributed by atoms with Gasteiger partial charge in [0, 0.05) is 0 Å². The van der Waals surface area contributed by atoms with E-state index in [1.807, 2.05) is 0 Å². The Kier molecular flexibility index (Phi) is 7.93. The molecule has 0 heterocycles. The Morgan fingerprint density at radius 3 is 1.90 bits per heavy atom. The molecular formula is C26H25O3S+. The number of carbonyl (C=O) groups is 1. The molecule has 0 spiro atoms. The Morgan fingerprint density at radius 1 is 0.833 bits per heavy atom. The smallest absolute Gasteiger partial charge is 0.341 e. The van der Waals surface area contributed by atoms with Gasteiger partial charge in [-0.25, -0.2) is 4.79 Å². The number of phenolic OH excluding ortho intramolecular Hbond substituents is 1. The summed E-state index contributed by atoms with van der Waals surface area (Å²) in [7, 11) is 1.31. The van der Waals surface area contributed by atoms with E-state index < -0.39 is 5.97 Å². The van der Waals surface area contributed by atoms with Crippen molar-refractivity contribution < 1.29 is 14.6 Å². The van der Waals surface area contributed by atoms with Crippen LogP contribution in [0.4, 0.5) is 0 Å². The highest BCUT2D eigenvalue weighted by molar-refractivity contribution is 8.00. The fourth-order valence-electron chi connectivity index (χ4n) is 3.02. The van der Waals surface area contributed by atoms with Crippen molar-refractivity contribution in [2.75, 3.05) is 7.11 Å². The van der Waals surface area contributed by atoms with Crippen LogP contribution in [0.5, 0.6) is 5.75 Å². The van der Waals surface area contributed by atoms with Crippen molar-refractivity contribution in [3.8, 4) is 5.75 Å². The lowest BCUT2D eigenvalue weighted by Gasteiger charge is -2.10. The summed E-state index contributed by atoms with van der Waals surface area (Å²) in [6.07, 6.45) is 9.32. The molecule has 1 aliphatic carbocycles.